The first-order chi connectivity index (χ1) is 11.1. The van der Waals surface area contributed by atoms with E-state index in [1.165, 1.54) is 22.6 Å². The average Bonchev–Trinajstić information content (AvgIpc) is 2.55. The Hall–Kier alpha value is -2.62. The van der Waals surface area contributed by atoms with Gasteiger partial charge in [0.25, 0.3) is 0 Å². The van der Waals surface area contributed by atoms with Gasteiger partial charge in [-0.05, 0) is 30.7 Å². The monoisotopic (exact) mass is 313 g/mol. The van der Waals surface area contributed by atoms with Crippen LogP contribution in [0.3, 0.4) is 0 Å². The molecule has 2 aromatic carbocycles. The van der Waals surface area contributed by atoms with Crippen molar-refractivity contribution in [3.05, 3.63) is 71.6 Å². The number of benzene rings is 2. The lowest BCUT2D eigenvalue weighted by atomic mass is 10.1. The van der Waals surface area contributed by atoms with E-state index < -0.39 is 5.82 Å². The van der Waals surface area contributed by atoms with Crippen LogP contribution in [0.25, 0.3) is 6.08 Å². The SMILES string of the molecule is Cc1ccc(/C=C/C(=O)N(C)CCOc2ccccc2F)cc1. The smallest absolute Gasteiger partial charge is 0.246 e. The van der Waals surface area contributed by atoms with Gasteiger partial charge in [0, 0.05) is 13.1 Å². The molecule has 0 bridgehead atoms. The molecule has 0 heterocycles. The Kier molecular flexibility index (Phi) is 5.92. The van der Waals surface area contributed by atoms with Crippen molar-refractivity contribution in [3.63, 3.8) is 0 Å². The number of amides is 1. The van der Waals surface area contributed by atoms with E-state index in [0.29, 0.717) is 6.54 Å². The molecule has 0 radical (unpaired) electrons. The molecule has 0 fully saturated rings. The fraction of sp³-hybridized carbons (Fsp3) is 0.211. The summed E-state index contributed by atoms with van der Waals surface area (Å²) in [5.41, 5.74) is 2.15. The van der Waals surface area contributed by atoms with E-state index in [1.807, 2.05) is 31.2 Å². The molecule has 4 heteroatoms. The van der Waals surface area contributed by atoms with Crippen LogP contribution in [0.5, 0.6) is 5.75 Å². The van der Waals surface area contributed by atoms with E-state index in [4.69, 9.17) is 4.74 Å². The highest BCUT2D eigenvalue weighted by Gasteiger charge is 2.06. The summed E-state index contributed by atoms with van der Waals surface area (Å²) in [5.74, 6) is -0.327. The molecule has 0 N–H and O–H groups in total. The number of para-hydroxylation sites is 1. The molecule has 2 rings (SSSR count). The van der Waals surface area contributed by atoms with Gasteiger partial charge in [-0.1, -0.05) is 42.0 Å². The first-order valence-corrected chi connectivity index (χ1v) is 7.43. The third-order valence-corrected chi connectivity index (χ3v) is 3.39. The Bertz CT molecular complexity index is 680. The van der Waals surface area contributed by atoms with Crippen molar-refractivity contribution in [2.24, 2.45) is 0 Å². The second-order valence-electron chi connectivity index (χ2n) is 5.28. The highest BCUT2D eigenvalue weighted by atomic mass is 19.1. The predicted molar refractivity (Wildman–Crippen MR) is 89.7 cm³/mol. The summed E-state index contributed by atoms with van der Waals surface area (Å²) >= 11 is 0. The van der Waals surface area contributed by atoms with E-state index in [1.54, 1.807) is 31.3 Å². The fourth-order valence-electron chi connectivity index (χ4n) is 1.94. The maximum atomic E-state index is 13.4. The van der Waals surface area contributed by atoms with Crippen LogP contribution in [0.2, 0.25) is 0 Å². The molecular weight excluding hydrogens is 293 g/mol. The van der Waals surface area contributed by atoms with Gasteiger partial charge >= 0.3 is 0 Å². The summed E-state index contributed by atoms with van der Waals surface area (Å²) in [7, 11) is 1.69. The zero-order chi connectivity index (χ0) is 16.7. The summed E-state index contributed by atoms with van der Waals surface area (Å²) in [6.45, 7) is 2.63. The van der Waals surface area contributed by atoms with Crippen LogP contribution in [0, 0.1) is 12.7 Å². The van der Waals surface area contributed by atoms with Crippen LogP contribution in [0.15, 0.2) is 54.6 Å². The van der Waals surface area contributed by atoms with E-state index in [0.717, 1.165) is 5.56 Å². The molecule has 0 aromatic heterocycles. The van der Waals surface area contributed by atoms with Crippen LogP contribution < -0.4 is 4.74 Å². The van der Waals surface area contributed by atoms with Crippen molar-refractivity contribution in [2.45, 2.75) is 6.92 Å². The van der Waals surface area contributed by atoms with Gasteiger partial charge in [0.2, 0.25) is 5.91 Å². The maximum absolute atomic E-state index is 13.4. The first kappa shape index (κ1) is 16.7. The van der Waals surface area contributed by atoms with Gasteiger partial charge in [0.15, 0.2) is 11.6 Å². The Morgan fingerprint density at radius 1 is 1.17 bits per heavy atom. The Balaban J connectivity index is 1.81. The number of nitrogens with zero attached hydrogens (tertiary/aromatic N) is 1. The molecule has 0 aliphatic rings. The fourth-order valence-corrected chi connectivity index (χ4v) is 1.94. The van der Waals surface area contributed by atoms with Gasteiger partial charge in [-0.25, -0.2) is 4.39 Å². The Morgan fingerprint density at radius 3 is 2.57 bits per heavy atom. The molecule has 0 aliphatic heterocycles. The molecule has 0 saturated carbocycles. The van der Waals surface area contributed by atoms with Crippen molar-refractivity contribution in [1.29, 1.82) is 0 Å². The second kappa shape index (κ2) is 8.13. The largest absolute Gasteiger partial charge is 0.489 e. The molecule has 0 spiro atoms. The van der Waals surface area contributed by atoms with Crippen molar-refractivity contribution in [3.8, 4) is 5.75 Å². The molecule has 2 aromatic rings. The van der Waals surface area contributed by atoms with Crippen molar-refractivity contribution < 1.29 is 13.9 Å². The molecule has 3 nitrogen and oxygen atoms in total. The first-order valence-electron chi connectivity index (χ1n) is 7.43. The lowest BCUT2D eigenvalue weighted by Crippen LogP contribution is -2.29. The highest BCUT2D eigenvalue weighted by molar-refractivity contribution is 5.91. The minimum Gasteiger partial charge on any atom is -0.489 e. The van der Waals surface area contributed by atoms with Crippen LogP contribution in [0.4, 0.5) is 4.39 Å². The number of aryl methyl sites for hydroxylation is 1. The van der Waals surface area contributed by atoms with E-state index in [2.05, 4.69) is 0 Å². The van der Waals surface area contributed by atoms with Crippen LogP contribution in [0.1, 0.15) is 11.1 Å². The van der Waals surface area contributed by atoms with Crippen molar-refractivity contribution >= 4 is 12.0 Å². The van der Waals surface area contributed by atoms with Gasteiger partial charge in [0.05, 0.1) is 6.54 Å². The molecular formula is C19H20FNO2. The van der Waals surface area contributed by atoms with Crippen molar-refractivity contribution in [1.82, 2.24) is 4.90 Å². The number of ether oxygens (including phenoxy) is 1. The van der Waals surface area contributed by atoms with Crippen LogP contribution >= 0.6 is 0 Å². The van der Waals surface area contributed by atoms with Crippen LogP contribution in [-0.4, -0.2) is 31.0 Å². The third-order valence-electron chi connectivity index (χ3n) is 3.39. The molecule has 23 heavy (non-hydrogen) atoms. The number of carbonyl (C=O) groups excluding carboxylic acids is 1. The standard InChI is InChI=1S/C19H20FNO2/c1-15-7-9-16(10-8-15)11-12-19(22)21(2)13-14-23-18-6-4-3-5-17(18)20/h3-12H,13-14H2,1-2H3/b12-11+. The molecule has 0 atom stereocenters. The number of carbonyl (C=O) groups is 1. The number of likely N-dealkylation sites (N-methyl/N-ethyl adjacent to an activating group) is 1. The molecule has 1 amide bonds. The average molecular weight is 313 g/mol. The number of halogens is 1. The Labute approximate surface area is 136 Å². The maximum Gasteiger partial charge on any atom is 0.246 e. The lowest BCUT2D eigenvalue weighted by molar-refractivity contribution is -0.125. The van der Waals surface area contributed by atoms with Crippen molar-refractivity contribution in [2.75, 3.05) is 20.2 Å². The van der Waals surface area contributed by atoms with Crippen LogP contribution in [-0.2, 0) is 4.79 Å². The van der Waals surface area contributed by atoms with E-state index in [-0.39, 0.29) is 18.3 Å². The summed E-state index contributed by atoms with van der Waals surface area (Å²) in [6, 6.07) is 14.1. The zero-order valence-electron chi connectivity index (χ0n) is 13.3. The lowest BCUT2D eigenvalue weighted by Gasteiger charge is -2.15. The minimum atomic E-state index is -0.402. The number of rotatable bonds is 6. The second-order valence-corrected chi connectivity index (χ2v) is 5.28. The molecule has 0 aliphatic carbocycles. The van der Waals surface area contributed by atoms with E-state index in [9.17, 15) is 9.18 Å². The minimum absolute atomic E-state index is 0.122. The quantitative estimate of drug-likeness (QED) is 0.761. The summed E-state index contributed by atoms with van der Waals surface area (Å²) in [4.78, 5) is 13.5. The van der Waals surface area contributed by atoms with Gasteiger partial charge in [-0.15, -0.1) is 0 Å². The van der Waals surface area contributed by atoms with Gasteiger partial charge in [0.1, 0.15) is 6.61 Å². The summed E-state index contributed by atoms with van der Waals surface area (Å²) < 4.78 is 18.7. The molecule has 0 saturated heterocycles. The van der Waals surface area contributed by atoms with E-state index >= 15 is 0 Å². The van der Waals surface area contributed by atoms with Gasteiger partial charge < -0.3 is 9.64 Å². The normalized spacial score (nSPS) is 10.7. The Morgan fingerprint density at radius 2 is 1.87 bits per heavy atom. The summed E-state index contributed by atoms with van der Waals surface area (Å²) in [6.07, 6.45) is 3.30. The number of hydrogen-bond donors (Lipinski definition) is 0. The van der Waals surface area contributed by atoms with Gasteiger partial charge in [-0.3, -0.25) is 4.79 Å². The zero-order valence-corrected chi connectivity index (χ0v) is 13.3. The topological polar surface area (TPSA) is 29.5 Å². The molecule has 0 unspecified atom stereocenters. The summed E-state index contributed by atoms with van der Waals surface area (Å²) in [5, 5.41) is 0. The number of hydrogen-bond acceptors (Lipinski definition) is 2. The van der Waals surface area contributed by atoms with Gasteiger partial charge in [-0.2, -0.15) is 0 Å². The highest BCUT2D eigenvalue weighted by Crippen LogP contribution is 2.15. The predicted octanol–water partition coefficient (Wildman–Crippen LogP) is 3.68. The third kappa shape index (κ3) is 5.25. The molecule has 120 valence electrons.